The Kier molecular flexibility index (Phi) is 3.77. The van der Waals surface area contributed by atoms with Crippen LogP contribution in [0, 0.1) is 0 Å². The SMILES string of the molecule is CC(=O)C(=[N+]=[N-])S(=O)(=O)N(C)c1ccccc1. The molecule has 1 rings (SSSR count). The molecule has 0 aliphatic carbocycles. The Hall–Kier alpha value is -1.98. The molecule has 0 atom stereocenters. The van der Waals surface area contributed by atoms with Crippen molar-refractivity contribution in [2.45, 2.75) is 6.92 Å². The van der Waals surface area contributed by atoms with Crippen molar-refractivity contribution in [2.24, 2.45) is 0 Å². The van der Waals surface area contributed by atoms with E-state index in [2.05, 4.69) is 4.79 Å². The molecule has 0 aliphatic heterocycles. The maximum atomic E-state index is 11.9. The Morgan fingerprint density at radius 1 is 1.29 bits per heavy atom. The summed E-state index contributed by atoms with van der Waals surface area (Å²) in [7, 11) is -2.84. The van der Waals surface area contributed by atoms with E-state index in [1.807, 2.05) is 0 Å². The average molecular weight is 253 g/mol. The predicted octanol–water partition coefficient (Wildman–Crippen LogP) is 0.670. The van der Waals surface area contributed by atoms with Gasteiger partial charge in [0.1, 0.15) is 0 Å². The van der Waals surface area contributed by atoms with E-state index in [1.165, 1.54) is 7.05 Å². The smallest absolute Gasteiger partial charge is 0.360 e. The third-order valence-electron chi connectivity index (χ3n) is 2.12. The average Bonchev–Trinajstić information content (AvgIpc) is 2.29. The molecule has 17 heavy (non-hydrogen) atoms. The van der Waals surface area contributed by atoms with Crippen LogP contribution in [-0.2, 0) is 14.8 Å². The molecule has 0 unspecified atom stereocenters. The number of Topliss-reactive ketones (excluding diaryl/α,β-unsaturated/α-hetero) is 1. The zero-order valence-corrected chi connectivity index (χ0v) is 10.2. The molecule has 0 N–H and O–H groups in total. The first-order valence-corrected chi connectivity index (χ1v) is 6.12. The lowest BCUT2D eigenvalue weighted by atomic mass is 10.3. The summed E-state index contributed by atoms with van der Waals surface area (Å²) in [6.45, 7) is 1.02. The van der Waals surface area contributed by atoms with Crippen LogP contribution in [0.15, 0.2) is 30.3 Å². The molecular formula is C10H11N3O3S. The van der Waals surface area contributed by atoms with E-state index in [4.69, 9.17) is 5.53 Å². The second-order valence-electron chi connectivity index (χ2n) is 3.27. The quantitative estimate of drug-likeness (QED) is 0.343. The zero-order chi connectivity index (χ0) is 13.1. The molecule has 90 valence electrons. The van der Waals surface area contributed by atoms with Gasteiger partial charge in [0.2, 0.25) is 0 Å². The molecule has 0 saturated heterocycles. The van der Waals surface area contributed by atoms with Crippen LogP contribution >= 0.6 is 0 Å². The molecule has 0 saturated carbocycles. The normalized spacial score (nSPS) is 10.5. The Balaban J connectivity index is 3.25. The highest BCUT2D eigenvalue weighted by molar-refractivity contribution is 8.09. The molecular weight excluding hydrogens is 242 g/mol. The first kappa shape index (κ1) is 13.1. The number of carbonyl (C=O) groups excluding carboxylic acids is 1. The lowest BCUT2D eigenvalue weighted by molar-refractivity contribution is -0.114. The van der Waals surface area contributed by atoms with Crippen LogP contribution in [0.2, 0.25) is 0 Å². The number of nitrogens with zero attached hydrogens (tertiary/aromatic N) is 3. The second-order valence-corrected chi connectivity index (χ2v) is 5.15. The number of sulfonamides is 1. The van der Waals surface area contributed by atoms with Crippen LogP contribution in [0.5, 0.6) is 0 Å². The van der Waals surface area contributed by atoms with Gasteiger partial charge < -0.3 is 5.53 Å². The van der Waals surface area contributed by atoms with Crippen LogP contribution in [0.1, 0.15) is 6.92 Å². The van der Waals surface area contributed by atoms with Gasteiger partial charge in [-0.15, -0.1) is 4.79 Å². The fraction of sp³-hybridized carbons (Fsp3) is 0.200. The summed E-state index contributed by atoms with van der Waals surface area (Å²) < 4.78 is 24.7. The van der Waals surface area contributed by atoms with Gasteiger partial charge in [-0.2, -0.15) is 8.42 Å². The van der Waals surface area contributed by atoms with Crippen LogP contribution in [0.4, 0.5) is 5.69 Å². The number of carbonyl (C=O) groups is 1. The first-order chi connectivity index (χ1) is 7.91. The lowest BCUT2D eigenvalue weighted by Gasteiger charge is -2.15. The van der Waals surface area contributed by atoms with Gasteiger partial charge in [0.15, 0.2) is 0 Å². The van der Waals surface area contributed by atoms with E-state index in [9.17, 15) is 13.2 Å². The summed E-state index contributed by atoms with van der Waals surface area (Å²) >= 11 is 0. The second kappa shape index (κ2) is 4.90. The van der Waals surface area contributed by atoms with E-state index >= 15 is 0 Å². The van der Waals surface area contributed by atoms with E-state index in [-0.39, 0.29) is 0 Å². The first-order valence-electron chi connectivity index (χ1n) is 4.68. The minimum atomic E-state index is -4.12. The van der Waals surface area contributed by atoms with Crippen molar-refractivity contribution >= 4 is 26.5 Å². The monoisotopic (exact) mass is 253 g/mol. The summed E-state index contributed by atoms with van der Waals surface area (Å²) in [5.74, 6) is -0.824. The van der Waals surface area contributed by atoms with Gasteiger partial charge in [-0.25, -0.2) is 0 Å². The maximum absolute atomic E-state index is 11.9. The van der Waals surface area contributed by atoms with Crippen molar-refractivity contribution in [3.8, 4) is 0 Å². The summed E-state index contributed by atoms with van der Waals surface area (Å²) in [4.78, 5) is 13.6. The third kappa shape index (κ3) is 2.58. The van der Waals surface area contributed by atoms with Crippen molar-refractivity contribution in [3.63, 3.8) is 0 Å². The predicted molar refractivity (Wildman–Crippen MR) is 63.1 cm³/mol. The zero-order valence-electron chi connectivity index (χ0n) is 9.36. The molecule has 0 bridgehead atoms. The number of para-hydroxylation sites is 1. The highest BCUT2D eigenvalue weighted by Crippen LogP contribution is 2.15. The summed E-state index contributed by atoms with van der Waals surface area (Å²) in [6.07, 6.45) is 0. The van der Waals surface area contributed by atoms with Gasteiger partial charge in [0.25, 0.3) is 5.78 Å². The molecule has 0 spiro atoms. The Morgan fingerprint density at radius 3 is 2.24 bits per heavy atom. The van der Waals surface area contributed by atoms with Gasteiger partial charge in [-0.3, -0.25) is 9.10 Å². The summed E-state index contributed by atoms with van der Waals surface area (Å²) in [5, 5.41) is -0.885. The number of benzene rings is 1. The van der Waals surface area contributed by atoms with Crippen LogP contribution in [-0.4, -0.2) is 31.1 Å². The van der Waals surface area contributed by atoms with Gasteiger partial charge in [0.05, 0.1) is 5.69 Å². The van der Waals surface area contributed by atoms with Crippen molar-refractivity contribution in [1.29, 1.82) is 0 Å². The Morgan fingerprint density at radius 2 is 1.82 bits per heavy atom. The van der Waals surface area contributed by atoms with Crippen molar-refractivity contribution in [1.82, 2.24) is 0 Å². The molecule has 1 aromatic rings. The van der Waals surface area contributed by atoms with Gasteiger partial charge in [-0.1, -0.05) is 18.2 Å². The molecule has 1 aromatic carbocycles. The number of anilines is 1. The number of hydrogen-bond acceptors (Lipinski definition) is 3. The van der Waals surface area contributed by atoms with Crippen molar-refractivity contribution < 1.29 is 18.0 Å². The molecule has 6 nitrogen and oxygen atoms in total. The van der Waals surface area contributed by atoms with Crippen LogP contribution in [0.3, 0.4) is 0 Å². The minimum Gasteiger partial charge on any atom is -0.360 e. The molecule has 0 aliphatic rings. The van der Waals surface area contributed by atoms with E-state index in [0.29, 0.717) is 5.69 Å². The summed E-state index contributed by atoms with van der Waals surface area (Å²) in [5.41, 5.74) is 8.96. The fourth-order valence-corrected chi connectivity index (χ4v) is 2.34. The number of ketones is 1. The topological polar surface area (TPSA) is 90.8 Å². The molecule has 7 heteroatoms. The fourth-order valence-electron chi connectivity index (χ4n) is 1.21. The molecule has 0 aromatic heterocycles. The van der Waals surface area contributed by atoms with Crippen molar-refractivity contribution in [3.05, 3.63) is 35.9 Å². The molecule has 0 fully saturated rings. The number of hydrogen-bond donors (Lipinski definition) is 0. The van der Waals surface area contributed by atoms with E-state index < -0.39 is 20.9 Å². The highest BCUT2D eigenvalue weighted by Gasteiger charge is 2.37. The largest absolute Gasteiger partial charge is 0.466 e. The Bertz CT molecular complexity index is 574. The number of rotatable bonds is 3. The van der Waals surface area contributed by atoms with Crippen LogP contribution in [0.25, 0.3) is 5.53 Å². The standard InChI is InChI=1S/C10H11N3O3S/c1-8(14)10(12-11)17(15,16)13(2)9-6-4-3-5-7-9/h3-7H,1-2H3. The van der Waals surface area contributed by atoms with Gasteiger partial charge >= 0.3 is 15.1 Å². The molecule has 0 heterocycles. The Labute approximate surface area is 99.2 Å². The molecule has 0 amide bonds. The maximum Gasteiger partial charge on any atom is 0.466 e. The van der Waals surface area contributed by atoms with E-state index in [0.717, 1.165) is 11.2 Å². The lowest BCUT2D eigenvalue weighted by Crippen LogP contribution is -2.37. The van der Waals surface area contributed by atoms with E-state index in [1.54, 1.807) is 30.3 Å². The molecule has 0 radical (unpaired) electrons. The minimum absolute atomic E-state index is 0.370. The van der Waals surface area contributed by atoms with Gasteiger partial charge in [-0.05, 0) is 12.1 Å². The third-order valence-corrected chi connectivity index (χ3v) is 3.91. The van der Waals surface area contributed by atoms with Crippen LogP contribution < -0.4 is 4.31 Å². The highest BCUT2D eigenvalue weighted by atomic mass is 32.2. The van der Waals surface area contributed by atoms with Gasteiger partial charge in [0, 0.05) is 14.0 Å². The summed E-state index contributed by atoms with van der Waals surface area (Å²) in [6, 6.07) is 8.17. The van der Waals surface area contributed by atoms with Crippen molar-refractivity contribution in [2.75, 3.05) is 11.4 Å².